The van der Waals surface area contributed by atoms with E-state index in [9.17, 15) is 14.7 Å². The highest BCUT2D eigenvalue weighted by Gasteiger charge is 2.47. The molecule has 1 saturated carbocycles. The fourth-order valence-electron chi connectivity index (χ4n) is 2.42. The van der Waals surface area contributed by atoms with Crippen LogP contribution in [0.2, 0.25) is 0 Å². The van der Waals surface area contributed by atoms with E-state index < -0.39 is 11.5 Å². The van der Waals surface area contributed by atoms with Crippen LogP contribution in [-0.4, -0.2) is 34.0 Å². The van der Waals surface area contributed by atoms with Crippen LogP contribution in [0.3, 0.4) is 0 Å². The summed E-state index contributed by atoms with van der Waals surface area (Å²) in [6.45, 7) is 3.92. The molecule has 0 atom stereocenters. The molecule has 0 aromatic carbocycles. The minimum absolute atomic E-state index is 0.159. The van der Waals surface area contributed by atoms with E-state index in [0.717, 1.165) is 32.1 Å². The molecule has 1 aliphatic carbocycles. The van der Waals surface area contributed by atoms with Gasteiger partial charge < -0.3 is 10.0 Å². The van der Waals surface area contributed by atoms with Crippen LogP contribution in [0.4, 0.5) is 0 Å². The predicted octanol–water partition coefficient (Wildman–Crippen LogP) is 2.03. The number of carbonyl (C=O) groups excluding carboxylic acids is 1. The second-order valence-electron chi connectivity index (χ2n) is 4.58. The van der Waals surface area contributed by atoms with Crippen LogP contribution in [0.1, 0.15) is 52.4 Å². The molecular formula is C12H21NO3. The summed E-state index contributed by atoms with van der Waals surface area (Å²) in [5.74, 6) is -0.852. The molecule has 1 fully saturated rings. The van der Waals surface area contributed by atoms with Crippen molar-refractivity contribution in [1.82, 2.24) is 4.90 Å². The third-order valence-electron chi connectivity index (χ3n) is 3.27. The van der Waals surface area contributed by atoms with Crippen LogP contribution in [0.5, 0.6) is 0 Å². The number of rotatable bonds is 8. The van der Waals surface area contributed by atoms with Crippen molar-refractivity contribution in [2.24, 2.45) is 0 Å². The highest BCUT2D eigenvalue weighted by Crippen LogP contribution is 2.36. The van der Waals surface area contributed by atoms with Gasteiger partial charge in [0.25, 0.3) is 0 Å². The van der Waals surface area contributed by atoms with Crippen molar-refractivity contribution in [1.29, 1.82) is 0 Å². The second kappa shape index (κ2) is 5.32. The van der Waals surface area contributed by atoms with Gasteiger partial charge in [-0.05, 0) is 25.7 Å². The molecule has 4 heteroatoms. The number of amides is 1. The Morgan fingerprint density at radius 3 is 2.12 bits per heavy atom. The van der Waals surface area contributed by atoms with Crippen molar-refractivity contribution in [2.75, 3.05) is 0 Å². The van der Waals surface area contributed by atoms with E-state index in [2.05, 4.69) is 0 Å². The van der Waals surface area contributed by atoms with Crippen molar-refractivity contribution in [3.8, 4) is 0 Å². The van der Waals surface area contributed by atoms with Gasteiger partial charge in [0.15, 0.2) is 0 Å². The number of carboxylic acids is 1. The van der Waals surface area contributed by atoms with Crippen LogP contribution in [0, 0.1) is 0 Å². The molecule has 0 aromatic rings. The van der Waals surface area contributed by atoms with Crippen molar-refractivity contribution >= 4 is 12.4 Å². The summed E-state index contributed by atoms with van der Waals surface area (Å²) < 4.78 is 0. The Morgan fingerprint density at radius 2 is 1.88 bits per heavy atom. The Morgan fingerprint density at radius 1 is 1.38 bits per heavy atom. The molecule has 4 nitrogen and oxygen atoms in total. The van der Waals surface area contributed by atoms with Crippen LogP contribution in [0.15, 0.2) is 0 Å². The maximum Gasteiger partial charge on any atom is 0.329 e. The molecule has 0 spiro atoms. The SMILES string of the molecule is CCCC(CCC)(C(=O)O)N(C=O)C1CC1. The molecule has 1 rings (SSSR count). The Labute approximate surface area is 96.6 Å². The fraction of sp³-hybridized carbons (Fsp3) is 0.833. The number of carboxylic acid groups (broad SMARTS) is 1. The fourth-order valence-corrected chi connectivity index (χ4v) is 2.42. The Kier molecular flexibility index (Phi) is 4.33. The van der Waals surface area contributed by atoms with Gasteiger partial charge in [-0.15, -0.1) is 0 Å². The molecule has 0 aliphatic heterocycles. The minimum atomic E-state index is -0.966. The summed E-state index contributed by atoms with van der Waals surface area (Å²) in [5.41, 5.74) is -0.966. The largest absolute Gasteiger partial charge is 0.479 e. The van der Waals surface area contributed by atoms with Crippen LogP contribution in [-0.2, 0) is 9.59 Å². The standard InChI is InChI=1S/C12H21NO3/c1-3-7-12(8-4-2,11(15)16)13(9-14)10-5-6-10/h9-10H,3-8H2,1-2H3,(H,15,16). The summed E-state index contributed by atoms with van der Waals surface area (Å²) >= 11 is 0. The molecule has 0 unspecified atom stereocenters. The Hall–Kier alpha value is -1.06. The average Bonchev–Trinajstić information content (AvgIpc) is 3.03. The number of nitrogens with zero attached hydrogens (tertiary/aromatic N) is 1. The van der Waals surface area contributed by atoms with Gasteiger partial charge in [-0.25, -0.2) is 4.79 Å². The molecule has 1 N–H and O–H groups in total. The lowest BCUT2D eigenvalue weighted by atomic mass is 9.87. The zero-order chi connectivity index (χ0) is 12.2. The van der Waals surface area contributed by atoms with E-state index >= 15 is 0 Å². The van der Waals surface area contributed by atoms with Gasteiger partial charge in [0, 0.05) is 6.04 Å². The van der Waals surface area contributed by atoms with E-state index in [4.69, 9.17) is 0 Å². The topological polar surface area (TPSA) is 57.6 Å². The average molecular weight is 227 g/mol. The number of carbonyl (C=O) groups is 2. The quantitative estimate of drug-likeness (QED) is 0.645. The first-order valence-electron chi connectivity index (χ1n) is 6.09. The molecule has 92 valence electrons. The predicted molar refractivity (Wildman–Crippen MR) is 61.1 cm³/mol. The van der Waals surface area contributed by atoms with Crippen LogP contribution in [0.25, 0.3) is 0 Å². The summed E-state index contributed by atoms with van der Waals surface area (Å²) in [6.07, 6.45) is 5.28. The van der Waals surface area contributed by atoms with E-state index in [0.29, 0.717) is 12.8 Å². The summed E-state index contributed by atoms with van der Waals surface area (Å²) in [6, 6.07) is 0.159. The lowest BCUT2D eigenvalue weighted by Gasteiger charge is -2.38. The van der Waals surface area contributed by atoms with Gasteiger partial charge in [0.2, 0.25) is 6.41 Å². The first kappa shape index (κ1) is 13.0. The second-order valence-corrected chi connectivity index (χ2v) is 4.58. The van der Waals surface area contributed by atoms with Gasteiger partial charge >= 0.3 is 5.97 Å². The van der Waals surface area contributed by atoms with E-state index in [1.54, 1.807) is 4.90 Å². The zero-order valence-corrected chi connectivity index (χ0v) is 10.1. The first-order valence-corrected chi connectivity index (χ1v) is 6.09. The molecule has 0 aromatic heterocycles. The smallest absolute Gasteiger partial charge is 0.329 e. The molecular weight excluding hydrogens is 206 g/mol. The number of hydrogen-bond acceptors (Lipinski definition) is 2. The van der Waals surface area contributed by atoms with Gasteiger partial charge in [-0.3, -0.25) is 4.79 Å². The molecule has 1 aliphatic rings. The van der Waals surface area contributed by atoms with Crippen molar-refractivity contribution in [3.63, 3.8) is 0 Å². The minimum Gasteiger partial charge on any atom is -0.479 e. The summed E-state index contributed by atoms with van der Waals surface area (Å²) in [7, 11) is 0. The third-order valence-corrected chi connectivity index (χ3v) is 3.27. The molecule has 0 saturated heterocycles. The summed E-state index contributed by atoms with van der Waals surface area (Å²) in [5, 5.41) is 9.46. The monoisotopic (exact) mass is 227 g/mol. The Bertz CT molecular complexity index is 255. The highest BCUT2D eigenvalue weighted by molar-refractivity contribution is 5.81. The van der Waals surface area contributed by atoms with Gasteiger partial charge in [-0.2, -0.15) is 0 Å². The lowest BCUT2D eigenvalue weighted by molar-refractivity contribution is -0.157. The highest BCUT2D eigenvalue weighted by atomic mass is 16.4. The molecule has 0 radical (unpaired) electrons. The van der Waals surface area contributed by atoms with Crippen LogP contribution < -0.4 is 0 Å². The van der Waals surface area contributed by atoms with Gasteiger partial charge in [-0.1, -0.05) is 26.7 Å². The Balaban J connectivity index is 2.95. The molecule has 0 heterocycles. The molecule has 1 amide bonds. The number of hydrogen-bond donors (Lipinski definition) is 1. The van der Waals surface area contributed by atoms with Crippen molar-refractivity contribution < 1.29 is 14.7 Å². The van der Waals surface area contributed by atoms with Crippen LogP contribution >= 0.6 is 0 Å². The molecule has 16 heavy (non-hydrogen) atoms. The van der Waals surface area contributed by atoms with Crippen molar-refractivity contribution in [2.45, 2.75) is 64.0 Å². The van der Waals surface area contributed by atoms with E-state index in [1.165, 1.54) is 0 Å². The number of aliphatic carboxylic acids is 1. The zero-order valence-electron chi connectivity index (χ0n) is 10.1. The van der Waals surface area contributed by atoms with Gasteiger partial charge in [0.05, 0.1) is 0 Å². The van der Waals surface area contributed by atoms with Gasteiger partial charge in [0.1, 0.15) is 5.54 Å². The summed E-state index contributed by atoms with van der Waals surface area (Å²) in [4.78, 5) is 24.2. The normalized spacial score (nSPS) is 15.9. The lowest BCUT2D eigenvalue weighted by Crippen LogP contribution is -2.55. The maximum absolute atomic E-state index is 11.5. The maximum atomic E-state index is 11.5. The van der Waals surface area contributed by atoms with E-state index in [1.807, 2.05) is 13.8 Å². The van der Waals surface area contributed by atoms with E-state index in [-0.39, 0.29) is 6.04 Å². The first-order chi connectivity index (χ1) is 7.62. The third kappa shape index (κ3) is 2.36. The molecule has 0 bridgehead atoms. The van der Waals surface area contributed by atoms with Crippen molar-refractivity contribution in [3.05, 3.63) is 0 Å².